The van der Waals surface area contributed by atoms with E-state index < -0.39 is 5.54 Å². The number of likely N-dealkylation sites (tertiary alicyclic amines) is 1. The Balaban J connectivity index is 1.33. The van der Waals surface area contributed by atoms with Gasteiger partial charge in [-0.15, -0.1) is 0 Å². The van der Waals surface area contributed by atoms with Crippen LogP contribution in [0.25, 0.3) is 0 Å². The van der Waals surface area contributed by atoms with Gasteiger partial charge in [-0.25, -0.2) is 0 Å². The fraction of sp³-hybridized carbons (Fsp3) is 0.591. The number of fused-ring (bicyclic) bond motifs is 1. The SMILES string of the molecule is CC(C)CC1(C)NC(=N)N(CC2CCN(C(=O)c3ccc4c(c3)OCO4)CC2)C1=O. The Labute approximate surface area is 177 Å². The number of benzene rings is 1. The largest absolute Gasteiger partial charge is 0.454 e. The molecule has 0 spiro atoms. The van der Waals surface area contributed by atoms with Gasteiger partial charge in [-0.2, -0.15) is 0 Å². The summed E-state index contributed by atoms with van der Waals surface area (Å²) in [7, 11) is 0. The Bertz CT molecular complexity index is 863. The Morgan fingerprint density at radius 3 is 2.67 bits per heavy atom. The molecule has 1 unspecified atom stereocenters. The number of piperidine rings is 1. The molecule has 30 heavy (non-hydrogen) atoms. The highest BCUT2D eigenvalue weighted by molar-refractivity contribution is 6.07. The van der Waals surface area contributed by atoms with Crippen molar-refractivity contribution in [2.75, 3.05) is 26.4 Å². The Morgan fingerprint density at radius 1 is 1.27 bits per heavy atom. The third-order valence-corrected chi connectivity index (χ3v) is 6.16. The zero-order valence-corrected chi connectivity index (χ0v) is 17.9. The summed E-state index contributed by atoms with van der Waals surface area (Å²) in [6.07, 6.45) is 2.33. The summed E-state index contributed by atoms with van der Waals surface area (Å²) in [5.74, 6) is 2.09. The van der Waals surface area contributed by atoms with Crippen LogP contribution in [0, 0.1) is 17.2 Å². The molecule has 8 nitrogen and oxygen atoms in total. The average molecular weight is 415 g/mol. The third-order valence-electron chi connectivity index (χ3n) is 6.16. The van der Waals surface area contributed by atoms with Crippen molar-refractivity contribution in [3.05, 3.63) is 23.8 Å². The first-order valence-electron chi connectivity index (χ1n) is 10.6. The van der Waals surface area contributed by atoms with Crippen LogP contribution in [0.3, 0.4) is 0 Å². The van der Waals surface area contributed by atoms with Gasteiger partial charge in [-0.1, -0.05) is 13.8 Å². The van der Waals surface area contributed by atoms with Gasteiger partial charge >= 0.3 is 0 Å². The molecular weight excluding hydrogens is 384 g/mol. The van der Waals surface area contributed by atoms with Gasteiger partial charge in [0.05, 0.1) is 0 Å². The summed E-state index contributed by atoms with van der Waals surface area (Å²) in [6, 6.07) is 5.28. The molecule has 3 heterocycles. The maximum Gasteiger partial charge on any atom is 0.254 e. The molecule has 3 aliphatic rings. The Kier molecular flexibility index (Phi) is 5.34. The molecular formula is C22H30N4O4. The van der Waals surface area contributed by atoms with Gasteiger partial charge in [0.1, 0.15) is 5.54 Å². The standard InChI is InChI=1S/C22H30N4O4/c1-14(2)11-22(3)20(28)26(21(23)24-22)12-15-6-8-25(9-7-15)19(27)16-4-5-17-18(10-16)30-13-29-17/h4-5,10,14-15H,6-9,11-13H2,1-3H3,(H2,23,24). The average Bonchev–Trinajstić information content (AvgIpc) is 3.25. The van der Waals surface area contributed by atoms with Crippen molar-refractivity contribution in [2.45, 2.75) is 45.6 Å². The third kappa shape index (κ3) is 3.82. The molecule has 1 aromatic carbocycles. The van der Waals surface area contributed by atoms with Crippen LogP contribution in [0.5, 0.6) is 11.5 Å². The van der Waals surface area contributed by atoms with E-state index in [1.54, 1.807) is 23.1 Å². The lowest BCUT2D eigenvalue weighted by Gasteiger charge is -2.34. The molecule has 2 saturated heterocycles. The predicted molar refractivity (Wildman–Crippen MR) is 112 cm³/mol. The number of carbonyl (C=O) groups is 2. The van der Waals surface area contributed by atoms with Gasteiger partial charge < -0.3 is 19.7 Å². The molecule has 4 rings (SSSR count). The minimum Gasteiger partial charge on any atom is -0.454 e. The van der Waals surface area contributed by atoms with Crippen LogP contribution in [0.15, 0.2) is 18.2 Å². The molecule has 0 radical (unpaired) electrons. The van der Waals surface area contributed by atoms with Crippen molar-refractivity contribution in [1.29, 1.82) is 5.41 Å². The maximum absolute atomic E-state index is 12.9. The first-order chi connectivity index (χ1) is 14.3. The molecule has 1 aromatic rings. The first kappa shape index (κ1) is 20.5. The maximum atomic E-state index is 12.9. The highest BCUT2D eigenvalue weighted by atomic mass is 16.7. The van der Waals surface area contributed by atoms with E-state index in [0.717, 1.165) is 12.8 Å². The molecule has 162 valence electrons. The molecule has 2 N–H and O–H groups in total. The monoisotopic (exact) mass is 414 g/mol. The van der Waals surface area contributed by atoms with Gasteiger partial charge in [-0.3, -0.25) is 19.9 Å². The lowest BCUT2D eigenvalue weighted by molar-refractivity contribution is -0.131. The minimum atomic E-state index is -0.693. The van der Waals surface area contributed by atoms with Crippen molar-refractivity contribution < 1.29 is 19.1 Å². The second-order valence-corrected chi connectivity index (χ2v) is 9.12. The van der Waals surface area contributed by atoms with E-state index in [0.29, 0.717) is 49.0 Å². The van der Waals surface area contributed by atoms with Gasteiger partial charge in [0, 0.05) is 25.2 Å². The van der Waals surface area contributed by atoms with Crippen LogP contribution in [0.1, 0.15) is 50.4 Å². The van der Waals surface area contributed by atoms with Gasteiger partial charge in [0.2, 0.25) is 6.79 Å². The van der Waals surface area contributed by atoms with E-state index in [2.05, 4.69) is 19.2 Å². The first-order valence-corrected chi connectivity index (χ1v) is 10.6. The van der Waals surface area contributed by atoms with Crippen molar-refractivity contribution >= 4 is 17.8 Å². The van der Waals surface area contributed by atoms with Gasteiger partial charge in [0.25, 0.3) is 11.8 Å². The topological polar surface area (TPSA) is 95.0 Å². The summed E-state index contributed by atoms with van der Waals surface area (Å²) in [6.45, 7) is 8.06. The Hall–Kier alpha value is -2.77. The summed E-state index contributed by atoms with van der Waals surface area (Å²) in [5, 5.41) is 11.3. The van der Waals surface area contributed by atoms with E-state index in [4.69, 9.17) is 14.9 Å². The summed E-state index contributed by atoms with van der Waals surface area (Å²) >= 11 is 0. The zero-order valence-electron chi connectivity index (χ0n) is 17.9. The van der Waals surface area contributed by atoms with E-state index >= 15 is 0 Å². The Morgan fingerprint density at radius 2 is 1.97 bits per heavy atom. The number of rotatable bonds is 5. The van der Waals surface area contributed by atoms with Crippen LogP contribution in [-0.2, 0) is 4.79 Å². The molecule has 1 atom stereocenters. The lowest BCUT2D eigenvalue weighted by atomic mass is 9.90. The number of nitrogens with zero attached hydrogens (tertiary/aromatic N) is 2. The molecule has 8 heteroatoms. The lowest BCUT2D eigenvalue weighted by Crippen LogP contribution is -2.46. The normalized spacial score (nSPS) is 24.0. The van der Waals surface area contributed by atoms with E-state index in [9.17, 15) is 9.59 Å². The van der Waals surface area contributed by atoms with Crippen LogP contribution in [-0.4, -0.2) is 59.5 Å². The quantitative estimate of drug-likeness (QED) is 0.772. The molecule has 2 amide bonds. The van der Waals surface area contributed by atoms with Gasteiger partial charge in [0.15, 0.2) is 17.5 Å². The molecule has 0 aliphatic carbocycles. The zero-order chi connectivity index (χ0) is 21.5. The van der Waals surface area contributed by atoms with Crippen molar-refractivity contribution in [3.63, 3.8) is 0 Å². The molecule has 0 saturated carbocycles. The molecule has 3 aliphatic heterocycles. The highest BCUT2D eigenvalue weighted by Crippen LogP contribution is 2.33. The number of carbonyl (C=O) groups excluding carboxylic acids is 2. The number of hydrogen-bond donors (Lipinski definition) is 2. The molecule has 0 bridgehead atoms. The van der Waals surface area contributed by atoms with E-state index in [-0.39, 0.29) is 30.5 Å². The second-order valence-electron chi connectivity index (χ2n) is 9.12. The summed E-state index contributed by atoms with van der Waals surface area (Å²) < 4.78 is 10.7. The highest BCUT2D eigenvalue weighted by Gasteiger charge is 2.46. The number of ether oxygens (including phenoxy) is 2. The number of nitrogens with one attached hydrogen (secondary N) is 2. The fourth-order valence-electron chi connectivity index (χ4n) is 4.70. The summed E-state index contributed by atoms with van der Waals surface area (Å²) in [4.78, 5) is 29.2. The molecule has 2 fully saturated rings. The van der Waals surface area contributed by atoms with Crippen molar-refractivity contribution in [1.82, 2.24) is 15.1 Å². The number of guanidine groups is 1. The van der Waals surface area contributed by atoms with Crippen LogP contribution in [0.2, 0.25) is 0 Å². The van der Waals surface area contributed by atoms with Crippen molar-refractivity contribution in [3.8, 4) is 11.5 Å². The molecule has 0 aromatic heterocycles. The number of amides is 2. The van der Waals surface area contributed by atoms with Gasteiger partial charge in [-0.05, 0) is 56.2 Å². The predicted octanol–water partition coefficient (Wildman–Crippen LogP) is 2.44. The van der Waals surface area contributed by atoms with Crippen LogP contribution in [0.4, 0.5) is 0 Å². The second kappa shape index (κ2) is 7.81. The number of hydrogen-bond acceptors (Lipinski definition) is 5. The van der Waals surface area contributed by atoms with E-state index in [1.807, 2.05) is 11.8 Å². The summed E-state index contributed by atoms with van der Waals surface area (Å²) in [5.41, 5.74) is -0.0933. The minimum absolute atomic E-state index is 0.0112. The van der Waals surface area contributed by atoms with E-state index in [1.165, 1.54) is 0 Å². The van der Waals surface area contributed by atoms with Crippen molar-refractivity contribution in [2.24, 2.45) is 11.8 Å². The smallest absolute Gasteiger partial charge is 0.254 e. The van der Waals surface area contributed by atoms with Crippen LogP contribution >= 0.6 is 0 Å². The fourth-order valence-corrected chi connectivity index (χ4v) is 4.70. The van der Waals surface area contributed by atoms with Crippen LogP contribution < -0.4 is 14.8 Å².